The average Bonchev–Trinajstić information content (AvgIpc) is 2.28. The lowest BCUT2D eigenvalue weighted by atomic mass is 9.95. The van der Waals surface area contributed by atoms with Crippen molar-refractivity contribution in [3.63, 3.8) is 0 Å². The molecule has 0 aromatic carbocycles. The van der Waals surface area contributed by atoms with Crippen LogP contribution in [0, 0.1) is 0 Å². The van der Waals surface area contributed by atoms with Crippen molar-refractivity contribution in [1.29, 1.82) is 0 Å². The Kier molecular flexibility index (Phi) is 2.84. The van der Waals surface area contributed by atoms with Crippen molar-refractivity contribution in [2.45, 2.75) is 50.5 Å². The Morgan fingerprint density at radius 2 is 1.86 bits per heavy atom. The van der Waals surface area contributed by atoms with E-state index in [4.69, 9.17) is 10.5 Å². The number of hydrogen-bond acceptors (Lipinski definition) is 2. The third-order valence-electron chi connectivity index (χ3n) is 2.88. The maximum Gasteiger partial charge on any atom is 0.417 e. The minimum atomic E-state index is -4.29. The van der Waals surface area contributed by atoms with Crippen LogP contribution in [0.1, 0.15) is 33.1 Å². The van der Waals surface area contributed by atoms with Gasteiger partial charge in [0, 0.05) is 0 Å². The molecular weight excluding hydrogens is 195 g/mol. The summed E-state index contributed by atoms with van der Waals surface area (Å²) < 4.78 is 42.9. The van der Waals surface area contributed by atoms with Gasteiger partial charge in [0.1, 0.15) is 0 Å². The van der Waals surface area contributed by atoms with Crippen LogP contribution < -0.4 is 5.73 Å². The van der Waals surface area contributed by atoms with E-state index in [0.29, 0.717) is 19.4 Å². The summed E-state index contributed by atoms with van der Waals surface area (Å²) in [5, 5.41) is 0. The second-order valence-corrected chi connectivity index (χ2v) is 4.32. The summed E-state index contributed by atoms with van der Waals surface area (Å²) in [5.74, 6) is 0. The highest BCUT2D eigenvalue weighted by molar-refractivity contribution is 4.96. The maximum absolute atomic E-state index is 12.6. The van der Waals surface area contributed by atoms with Gasteiger partial charge in [-0.05, 0) is 39.7 Å². The number of halogens is 3. The minimum Gasteiger partial charge on any atom is -0.360 e. The fraction of sp³-hybridized carbons (Fsp3) is 1.00. The summed E-state index contributed by atoms with van der Waals surface area (Å²) in [6, 6.07) is 0. The largest absolute Gasteiger partial charge is 0.417 e. The van der Waals surface area contributed by atoms with Crippen LogP contribution in [0.25, 0.3) is 0 Å². The van der Waals surface area contributed by atoms with E-state index in [1.807, 2.05) is 0 Å². The third-order valence-corrected chi connectivity index (χ3v) is 2.88. The first-order valence-electron chi connectivity index (χ1n) is 4.69. The molecule has 0 amide bonds. The number of alkyl halides is 3. The molecule has 1 aliphatic heterocycles. The lowest BCUT2D eigenvalue weighted by Gasteiger charge is -2.31. The van der Waals surface area contributed by atoms with Crippen LogP contribution in [0.5, 0.6) is 0 Å². The molecule has 1 rings (SSSR count). The first kappa shape index (κ1) is 11.8. The number of nitrogens with two attached hydrogens (primary N) is 1. The van der Waals surface area contributed by atoms with E-state index >= 15 is 0 Å². The molecule has 2 N–H and O–H groups in total. The molecule has 84 valence electrons. The molecule has 1 fully saturated rings. The summed E-state index contributed by atoms with van der Waals surface area (Å²) in [7, 11) is 0. The zero-order chi connectivity index (χ0) is 11.0. The SMILES string of the molecule is CC1(CCN)CCC(C)(C(F)(F)F)O1. The molecule has 0 aliphatic carbocycles. The van der Waals surface area contributed by atoms with Crippen molar-refractivity contribution in [1.82, 2.24) is 0 Å². The second kappa shape index (κ2) is 3.38. The van der Waals surface area contributed by atoms with Crippen LogP contribution in [0.4, 0.5) is 13.2 Å². The topological polar surface area (TPSA) is 35.2 Å². The van der Waals surface area contributed by atoms with Gasteiger partial charge in [0.25, 0.3) is 0 Å². The molecule has 0 saturated carbocycles. The van der Waals surface area contributed by atoms with Gasteiger partial charge in [-0.2, -0.15) is 13.2 Å². The Labute approximate surface area is 81.6 Å². The number of hydrogen-bond donors (Lipinski definition) is 1. The van der Waals surface area contributed by atoms with Crippen molar-refractivity contribution in [2.75, 3.05) is 6.54 Å². The van der Waals surface area contributed by atoms with Gasteiger partial charge >= 0.3 is 6.18 Å². The molecule has 0 aromatic heterocycles. The first-order chi connectivity index (χ1) is 6.22. The van der Waals surface area contributed by atoms with Crippen LogP contribution in [0.2, 0.25) is 0 Å². The van der Waals surface area contributed by atoms with Gasteiger partial charge in [-0.15, -0.1) is 0 Å². The molecular formula is C9H16F3NO. The van der Waals surface area contributed by atoms with E-state index in [-0.39, 0.29) is 6.42 Å². The second-order valence-electron chi connectivity index (χ2n) is 4.32. The molecule has 14 heavy (non-hydrogen) atoms. The normalized spacial score (nSPS) is 39.0. The Hall–Kier alpha value is -0.290. The van der Waals surface area contributed by atoms with Gasteiger partial charge < -0.3 is 10.5 Å². The van der Waals surface area contributed by atoms with Crippen LogP contribution in [0.3, 0.4) is 0 Å². The summed E-state index contributed by atoms with van der Waals surface area (Å²) in [6.45, 7) is 3.15. The number of ether oxygens (including phenoxy) is 1. The Bertz CT molecular complexity index is 219. The van der Waals surface area contributed by atoms with E-state index < -0.39 is 17.4 Å². The maximum atomic E-state index is 12.6. The van der Waals surface area contributed by atoms with Gasteiger partial charge in [-0.25, -0.2) is 0 Å². The molecule has 0 bridgehead atoms. The molecule has 0 radical (unpaired) electrons. The molecule has 2 unspecified atom stereocenters. The highest BCUT2D eigenvalue weighted by Crippen LogP contribution is 2.47. The van der Waals surface area contributed by atoms with Crippen molar-refractivity contribution < 1.29 is 17.9 Å². The van der Waals surface area contributed by atoms with Crippen LogP contribution in [0.15, 0.2) is 0 Å². The molecule has 1 heterocycles. The smallest absolute Gasteiger partial charge is 0.360 e. The summed E-state index contributed by atoms with van der Waals surface area (Å²) >= 11 is 0. The van der Waals surface area contributed by atoms with E-state index in [9.17, 15) is 13.2 Å². The molecule has 5 heteroatoms. The van der Waals surface area contributed by atoms with E-state index in [1.54, 1.807) is 6.92 Å². The molecule has 2 nitrogen and oxygen atoms in total. The number of rotatable bonds is 2. The predicted molar refractivity (Wildman–Crippen MR) is 46.9 cm³/mol. The van der Waals surface area contributed by atoms with Crippen molar-refractivity contribution in [3.05, 3.63) is 0 Å². The predicted octanol–water partition coefficient (Wildman–Crippen LogP) is 2.23. The van der Waals surface area contributed by atoms with Gasteiger partial charge in [-0.1, -0.05) is 0 Å². The Balaban J connectivity index is 2.73. The fourth-order valence-corrected chi connectivity index (χ4v) is 1.83. The van der Waals surface area contributed by atoms with E-state index in [1.165, 1.54) is 0 Å². The van der Waals surface area contributed by atoms with Crippen molar-refractivity contribution >= 4 is 0 Å². The Morgan fingerprint density at radius 1 is 1.29 bits per heavy atom. The van der Waals surface area contributed by atoms with E-state index in [2.05, 4.69) is 0 Å². The third kappa shape index (κ3) is 2.03. The molecule has 1 aliphatic rings. The summed E-state index contributed by atoms with van der Waals surface area (Å²) in [6.07, 6.45) is -3.38. The highest BCUT2D eigenvalue weighted by atomic mass is 19.4. The van der Waals surface area contributed by atoms with Crippen LogP contribution >= 0.6 is 0 Å². The van der Waals surface area contributed by atoms with Crippen LogP contribution in [-0.2, 0) is 4.74 Å². The molecule has 0 aromatic rings. The average molecular weight is 211 g/mol. The van der Waals surface area contributed by atoms with Gasteiger partial charge in [0.2, 0.25) is 0 Å². The fourth-order valence-electron chi connectivity index (χ4n) is 1.83. The van der Waals surface area contributed by atoms with Gasteiger partial charge in [0.15, 0.2) is 5.60 Å². The zero-order valence-electron chi connectivity index (χ0n) is 8.45. The minimum absolute atomic E-state index is 0.0208. The van der Waals surface area contributed by atoms with Crippen molar-refractivity contribution in [3.8, 4) is 0 Å². The molecule has 0 spiro atoms. The first-order valence-corrected chi connectivity index (χ1v) is 4.69. The zero-order valence-corrected chi connectivity index (χ0v) is 8.45. The molecule has 1 saturated heterocycles. The molecule has 2 atom stereocenters. The lowest BCUT2D eigenvalue weighted by Crippen LogP contribution is -2.44. The van der Waals surface area contributed by atoms with Gasteiger partial charge in [-0.3, -0.25) is 0 Å². The van der Waals surface area contributed by atoms with E-state index in [0.717, 1.165) is 6.92 Å². The standard InChI is InChI=1S/C9H16F3NO/c1-7(5-6-13)3-4-8(2,14-7)9(10,11)12/h3-6,13H2,1-2H3. The monoisotopic (exact) mass is 211 g/mol. The summed E-state index contributed by atoms with van der Waals surface area (Å²) in [5.41, 5.74) is 2.63. The quantitative estimate of drug-likeness (QED) is 0.760. The van der Waals surface area contributed by atoms with Crippen molar-refractivity contribution in [2.24, 2.45) is 5.73 Å². The lowest BCUT2D eigenvalue weighted by molar-refractivity contribution is -0.276. The Morgan fingerprint density at radius 3 is 2.21 bits per heavy atom. The summed E-state index contributed by atoms with van der Waals surface area (Å²) in [4.78, 5) is 0. The highest BCUT2D eigenvalue weighted by Gasteiger charge is 2.59. The van der Waals surface area contributed by atoms with Crippen LogP contribution in [-0.4, -0.2) is 23.9 Å². The van der Waals surface area contributed by atoms with Gasteiger partial charge in [0.05, 0.1) is 5.60 Å².